The highest BCUT2D eigenvalue weighted by Crippen LogP contribution is 2.50. The number of allylic oxidation sites excluding steroid dienone is 4. The maximum atomic E-state index is 13.4. The lowest BCUT2D eigenvalue weighted by Gasteiger charge is -2.44. The molecule has 0 saturated carbocycles. The molecule has 0 fully saturated rings. The molecule has 0 saturated heterocycles. The normalized spacial score (nSPS) is 17.9. The van der Waals surface area contributed by atoms with E-state index in [4.69, 9.17) is 51.1 Å². The molecule has 0 amide bonds. The average Bonchev–Trinajstić information content (AvgIpc) is 2.87. The highest BCUT2D eigenvalue weighted by atomic mass is 35.5. The quantitative estimate of drug-likeness (QED) is 0.346. The van der Waals surface area contributed by atoms with Crippen LogP contribution in [0.5, 0.6) is 5.75 Å². The van der Waals surface area contributed by atoms with E-state index in [1.165, 1.54) is 0 Å². The molecule has 0 aromatic heterocycles. The second-order valence-electron chi connectivity index (χ2n) is 9.84. The molecule has 0 unspecified atom stereocenters. The van der Waals surface area contributed by atoms with E-state index in [1.807, 2.05) is 4.90 Å². The van der Waals surface area contributed by atoms with E-state index in [9.17, 15) is 19.5 Å². The first-order chi connectivity index (χ1) is 18.7. The number of Topliss-reactive ketones (excluding diaryl/α,β-unsaturated/α-hetero) is 2. The van der Waals surface area contributed by atoms with Crippen LogP contribution in [-0.2, 0) is 21.0 Å². The first-order valence-electron chi connectivity index (χ1n) is 12.7. The third-order valence-electron chi connectivity index (χ3n) is 7.38. The van der Waals surface area contributed by atoms with Gasteiger partial charge in [0.25, 0.3) is 0 Å². The van der Waals surface area contributed by atoms with E-state index in [0.29, 0.717) is 70.8 Å². The van der Waals surface area contributed by atoms with Crippen molar-refractivity contribution in [2.24, 2.45) is 0 Å². The van der Waals surface area contributed by atoms with Gasteiger partial charge in [0.2, 0.25) is 0 Å². The van der Waals surface area contributed by atoms with E-state index in [2.05, 4.69) is 0 Å². The number of carboxylic acids is 1. The number of benzene rings is 2. The number of hydrogen-bond donors (Lipinski definition) is 1. The molecule has 3 aliphatic rings. The Balaban J connectivity index is 1.56. The Bertz CT molecular complexity index is 1380. The zero-order valence-corrected chi connectivity index (χ0v) is 23.9. The Morgan fingerprint density at radius 3 is 2.00 bits per heavy atom. The summed E-state index contributed by atoms with van der Waals surface area (Å²) in [7, 11) is 0. The summed E-state index contributed by atoms with van der Waals surface area (Å²) in [5.74, 6) is -1.38. The molecular formula is C29H25Cl4NO5. The summed E-state index contributed by atoms with van der Waals surface area (Å²) in [6.07, 6.45) is 3.24. The Kier molecular flexibility index (Phi) is 8.29. The summed E-state index contributed by atoms with van der Waals surface area (Å²) < 4.78 is 5.93. The Morgan fingerprint density at radius 1 is 0.872 bits per heavy atom. The highest BCUT2D eigenvalue weighted by Gasteiger charge is 2.43. The van der Waals surface area contributed by atoms with E-state index in [1.54, 1.807) is 30.3 Å². The predicted molar refractivity (Wildman–Crippen MR) is 151 cm³/mol. The second-order valence-corrected chi connectivity index (χ2v) is 11.5. The number of ether oxygens (including phenoxy) is 1. The van der Waals surface area contributed by atoms with Crippen LogP contribution in [-0.4, -0.2) is 34.1 Å². The van der Waals surface area contributed by atoms with Crippen LogP contribution < -0.4 is 4.74 Å². The average molecular weight is 609 g/mol. The molecule has 204 valence electrons. The summed E-state index contributed by atoms with van der Waals surface area (Å²) in [4.78, 5) is 40.1. The van der Waals surface area contributed by atoms with Crippen molar-refractivity contribution in [1.82, 2.24) is 4.90 Å². The van der Waals surface area contributed by atoms with Gasteiger partial charge in [0.1, 0.15) is 6.61 Å². The molecule has 0 radical (unpaired) electrons. The van der Waals surface area contributed by atoms with Gasteiger partial charge in [-0.15, -0.1) is 0 Å². The lowest BCUT2D eigenvalue weighted by molar-refractivity contribution is -0.137. The van der Waals surface area contributed by atoms with Gasteiger partial charge >= 0.3 is 5.97 Å². The number of rotatable bonds is 7. The first kappa shape index (κ1) is 28.0. The fourth-order valence-corrected chi connectivity index (χ4v) is 6.78. The number of ketones is 2. The Labute approximate surface area is 246 Å². The second kappa shape index (κ2) is 11.5. The van der Waals surface area contributed by atoms with Gasteiger partial charge in [-0.05, 0) is 55.5 Å². The number of hydrogen-bond acceptors (Lipinski definition) is 5. The number of aliphatic carboxylic acids is 1. The summed E-state index contributed by atoms with van der Waals surface area (Å²) in [6.45, 7) is 0.320. The third-order valence-corrected chi connectivity index (χ3v) is 8.53. The summed E-state index contributed by atoms with van der Waals surface area (Å²) in [5, 5.41) is 10.8. The number of nitrogens with zero attached hydrogens (tertiary/aromatic N) is 1. The van der Waals surface area contributed by atoms with Crippen LogP contribution in [0.3, 0.4) is 0 Å². The minimum atomic E-state index is -0.931. The highest BCUT2D eigenvalue weighted by molar-refractivity contribution is 6.37. The van der Waals surface area contributed by atoms with Crippen LogP contribution in [0.2, 0.25) is 20.1 Å². The maximum absolute atomic E-state index is 13.4. The molecule has 0 bridgehead atoms. The topological polar surface area (TPSA) is 83.9 Å². The predicted octanol–water partition coefficient (Wildman–Crippen LogP) is 7.77. The minimum absolute atomic E-state index is 0.0450. The molecule has 1 aliphatic heterocycles. The largest absolute Gasteiger partial charge is 0.486 e. The van der Waals surface area contributed by atoms with Gasteiger partial charge in [-0.3, -0.25) is 14.4 Å². The van der Waals surface area contributed by atoms with Crippen LogP contribution in [0, 0.1) is 0 Å². The van der Waals surface area contributed by atoms with Crippen LogP contribution in [0.15, 0.2) is 52.9 Å². The molecule has 6 nitrogen and oxygen atoms in total. The van der Waals surface area contributed by atoms with Gasteiger partial charge in [0.05, 0.1) is 16.5 Å². The zero-order chi connectivity index (χ0) is 27.8. The maximum Gasteiger partial charge on any atom is 0.305 e. The smallest absolute Gasteiger partial charge is 0.305 e. The zero-order valence-electron chi connectivity index (χ0n) is 20.9. The lowest BCUT2D eigenvalue weighted by atomic mass is 9.71. The SMILES string of the molecule is O=C(O)CCN1C2=C(C(=O)CCC2)C(c2cc(Cl)c(OCc3ccc(Cl)cc3Cl)c(Cl)c2)C2=C1CCCC2=O. The summed E-state index contributed by atoms with van der Waals surface area (Å²) in [6, 6.07) is 8.48. The minimum Gasteiger partial charge on any atom is -0.486 e. The van der Waals surface area contributed by atoms with Crippen molar-refractivity contribution >= 4 is 63.9 Å². The van der Waals surface area contributed by atoms with Gasteiger partial charge < -0.3 is 14.7 Å². The van der Waals surface area contributed by atoms with Crippen molar-refractivity contribution in [2.75, 3.05) is 6.54 Å². The standard InChI is InChI=1S/C29H25Cl4NO5/c30-17-8-7-15(18(31)13-17)14-39-29-19(32)11-16(12-20(29)33)26-27-21(3-1-5-23(27)35)34(10-9-25(37)38)22-4-2-6-24(36)28(22)26/h7-8,11-13,26H,1-6,9-10,14H2,(H,37,38). The fraction of sp³-hybridized carbons (Fsp3) is 0.345. The van der Waals surface area contributed by atoms with Crippen LogP contribution in [0.4, 0.5) is 0 Å². The van der Waals surface area contributed by atoms with E-state index < -0.39 is 11.9 Å². The van der Waals surface area contributed by atoms with Crippen LogP contribution in [0.1, 0.15) is 62.0 Å². The molecule has 2 aromatic rings. The molecular weight excluding hydrogens is 584 g/mol. The summed E-state index contributed by atoms with van der Waals surface area (Å²) >= 11 is 25.6. The molecule has 0 spiro atoms. The molecule has 0 atom stereocenters. The van der Waals surface area contributed by atoms with Crippen molar-refractivity contribution in [3.8, 4) is 5.75 Å². The van der Waals surface area contributed by atoms with Crippen molar-refractivity contribution in [1.29, 1.82) is 0 Å². The third kappa shape index (κ3) is 5.58. The van der Waals surface area contributed by atoms with E-state index >= 15 is 0 Å². The lowest BCUT2D eigenvalue weighted by Crippen LogP contribution is -2.39. The van der Waals surface area contributed by atoms with Gasteiger partial charge in [-0.25, -0.2) is 0 Å². The molecule has 1 N–H and O–H groups in total. The van der Waals surface area contributed by atoms with E-state index in [0.717, 1.165) is 11.4 Å². The van der Waals surface area contributed by atoms with Crippen LogP contribution >= 0.6 is 46.4 Å². The van der Waals surface area contributed by atoms with Gasteiger partial charge in [-0.1, -0.05) is 52.5 Å². The van der Waals surface area contributed by atoms with E-state index in [-0.39, 0.29) is 46.9 Å². The first-order valence-corrected chi connectivity index (χ1v) is 14.2. The molecule has 2 aromatic carbocycles. The van der Waals surface area contributed by atoms with Crippen LogP contribution in [0.25, 0.3) is 0 Å². The van der Waals surface area contributed by atoms with Crippen molar-refractivity contribution < 1.29 is 24.2 Å². The van der Waals surface area contributed by atoms with Crippen molar-refractivity contribution in [2.45, 2.75) is 57.5 Å². The number of carboxylic acid groups (broad SMARTS) is 1. The number of carbonyl (C=O) groups excluding carboxylic acids is 2. The molecule has 5 rings (SSSR count). The molecule has 39 heavy (non-hydrogen) atoms. The number of halogens is 4. The van der Waals surface area contributed by atoms with Crippen molar-refractivity contribution in [3.63, 3.8) is 0 Å². The van der Waals surface area contributed by atoms with Gasteiger partial charge in [-0.2, -0.15) is 0 Å². The summed E-state index contributed by atoms with van der Waals surface area (Å²) in [5.41, 5.74) is 4.01. The molecule has 10 heteroatoms. The molecule has 1 heterocycles. The Hall–Kier alpha value is -2.51. The fourth-order valence-electron chi connectivity index (χ4n) is 5.70. The number of carbonyl (C=O) groups is 3. The monoisotopic (exact) mass is 607 g/mol. The van der Waals surface area contributed by atoms with Crippen molar-refractivity contribution in [3.05, 3.63) is 84.1 Å². The van der Waals surface area contributed by atoms with Gasteiger partial charge in [0.15, 0.2) is 17.3 Å². The van der Waals surface area contributed by atoms with Gasteiger partial charge in [0, 0.05) is 63.5 Å². The Morgan fingerprint density at radius 2 is 1.46 bits per heavy atom. The molecule has 2 aliphatic carbocycles.